The molecule has 0 aliphatic carbocycles. The lowest BCUT2D eigenvalue weighted by Gasteiger charge is -2.45. The van der Waals surface area contributed by atoms with E-state index in [1.165, 1.54) is 5.56 Å². The largest absolute Gasteiger partial charge is 0.361 e. The minimum atomic E-state index is -1.58. The molecule has 1 rings (SSSR count). The normalized spacial score (nSPS) is 12.0. The molecule has 0 fully saturated rings. The van der Waals surface area contributed by atoms with Gasteiger partial charge in [0, 0.05) is 11.8 Å². The van der Waals surface area contributed by atoms with Crippen LogP contribution in [0.3, 0.4) is 0 Å². The molecule has 0 unspecified atom stereocenters. The zero-order valence-electron chi connectivity index (χ0n) is 15.9. The van der Waals surface area contributed by atoms with Crippen molar-refractivity contribution >= 4 is 28.3 Å². The summed E-state index contributed by atoms with van der Waals surface area (Å²) >= 11 is 0. The summed E-state index contributed by atoms with van der Waals surface area (Å²) in [6.45, 7) is 14.6. The number of hydrogen-bond donors (Lipinski definition) is 0. The highest BCUT2D eigenvalue weighted by Crippen LogP contribution is 2.25. The molecule has 0 atom stereocenters. The first-order chi connectivity index (χ1) is 11.1. The van der Waals surface area contributed by atoms with Crippen molar-refractivity contribution in [2.45, 2.75) is 57.4 Å². The van der Waals surface area contributed by atoms with Crippen LogP contribution in [-0.4, -0.2) is 49.8 Å². The molecule has 0 saturated heterocycles. The molecule has 0 spiro atoms. The fourth-order valence-corrected chi connectivity index (χ4v) is 16.6. The van der Waals surface area contributed by atoms with E-state index < -0.39 is 16.1 Å². The van der Waals surface area contributed by atoms with E-state index in [1.54, 1.807) is 0 Å². The van der Waals surface area contributed by atoms with E-state index in [-0.39, 0.29) is 5.91 Å². The van der Waals surface area contributed by atoms with Gasteiger partial charge in [0.25, 0.3) is 0 Å². The van der Waals surface area contributed by atoms with Crippen molar-refractivity contribution in [3.05, 3.63) is 41.4 Å². The van der Waals surface area contributed by atoms with E-state index in [9.17, 15) is 4.79 Å². The Balaban J connectivity index is 2.98. The van der Waals surface area contributed by atoms with Crippen molar-refractivity contribution in [1.29, 1.82) is 0 Å². The molecule has 132 valence electrons. The Morgan fingerprint density at radius 3 is 2.12 bits per heavy atom. The van der Waals surface area contributed by atoms with E-state index in [0.29, 0.717) is 11.8 Å². The topological polar surface area (TPSA) is 56.7 Å². The average Bonchev–Trinajstić information content (AvgIpc) is 2.44. The minimum absolute atomic E-state index is 0.166. The molecule has 1 aromatic carbocycles. The molecule has 0 aliphatic rings. The quantitative estimate of drug-likeness (QED) is 0.300. The van der Waals surface area contributed by atoms with Gasteiger partial charge < -0.3 is 10.4 Å². The van der Waals surface area contributed by atoms with E-state index in [1.807, 2.05) is 23.1 Å². The van der Waals surface area contributed by atoms with Crippen LogP contribution < -0.4 is 0 Å². The van der Waals surface area contributed by atoms with Crippen molar-refractivity contribution in [2.24, 2.45) is 0 Å². The van der Waals surface area contributed by atoms with Crippen LogP contribution in [0.5, 0.6) is 0 Å². The maximum Gasteiger partial charge on any atom is 0.344 e. The van der Waals surface area contributed by atoms with Crippen LogP contribution in [-0.2, 0) is 11.2 Å². The fraction of sp³-hybridized carbons (Fsp3) is 0.556. The third kappa shape index (κ3) is 6.19. The number of aryl methyl sites for hydroxylation is 1. The van der Waals surface area contributed by atoms with Crippen molar-refractivity contribution in [1.82, 2.24) is 4.90 Å². The SMILES string of the molecule is C[Si](C)(C)C(N(CCCc1ccccc1)C(=O)C=[N+]=[N-])[Si](C)(C)C. The summed E-state index contributed by atoms with van der Waals surface area (Å²) in [4.78, 5) is 17.6. The summed E-state index contributed by atoms with van der Waals surface area (Å²) in [7, 11) is -3.17. The number of rotatable bonds is 8. The summed E-state index contributed by atoms with van der Waals surface area (Å²) in [5.74, 6) is -0.166. The highest BCUT2D eigenvalue weighted by molar-refractivity contribution is 6.96. The Morgan fingerprint density at radius 1 is 1.12 bits per heavy atom. The van der Waals surface area contributed by atoms with Gasteiger partial charge in [0.05, 0.1) is 16.1 Å². The van der Waals surface area contributed by atoms with Gasteiger partial charge in [-0.3, -0.25) is 4.79 Å². The van der Waals surface area contributed by atoms with Gasteiger partial charge in [-0.1, -0.05) is 69.6 Å². The Morgan fingerprint density at radius 2 is 1.67 bits per heavy atom. The summed E-state index contributed by atoms with van der Waals surface area (Å²) in [5, 5.41) is 0.311. The lowest BCUT2D eigenvalue weighted by atomic mass is 10.1. The molecule has 6 heteroatoms. The molecular formula is C18H31N3OSi2. The van der Waals surface area contributed by atoms with Crippen LogP contribution in [0.25, 0.3) is 5.53 Å². The molecule has 0 radical (unpaired) electrons. The summed E-state index contributed by atoms with van der Waals surface area (Å²) in [6, 6.07) is 10.3. The van der Waals surface area contributed by atoms with Crippen molar-refractivity contribution in [3.8, 4) is 0 Å². The standard InChI is InChI=1S/C18H31N3OSi2/c1-23(2,3)18(24(4,5)6)21(17(22)15-20-19)14-10-13-16-11-8-7-9-12-16/h7-9,11-12,15,18H,10,13-14H2,1-6H3. The van der Waals surface area contributed by atoms with E-state index in [4.69, 9.17) is 5.53 Å². The van der Waals surface area contributed by atoms with Crippen LogP contribution in [0.1, 0.15) is 12.0 Å². The molecule has 1 amide bonds. The van der Waals surface area contributed by atoms with Crippen molar-refractivity contribution < 1.29 is 9.58 Å². The lowest BCUT2D eigenvalue weighted by molar-refractivity contribution is -0.127. The Kier molecular flexibility index (Phi) is 7.33. The number of nitrogens with zero attached hydrogens (tertiary/aromatic N) is 3. The number of benzene rings is 1. The maximum atomic E-state index is 12.6. The minimum Gasteiger partial charge on any atom is -0.361 e. The van der Waals surface area contributed by atoms with Gasteiger partial charge in [0.15, 0.2) is 0 Å². The first kappa shape index (κ1) is 20.5. The van der Waals surface area contributed by atoms with Gasteiger partial charge in [0.2, 0.25) is 0 Å². The van der Waals surface area contributed by atoms with Gasteiger partial charge in [-0.15, -0.1) is 0 Å². The van der Waals surface area contributed by atoms with E-state index >= 15 is 0 Å². The van der Waals surface area contributed by atoms with E-state index in [0.717, 1.165) is 19.1 Å². The second kappa shape index (κ2) is 8.56. The second-order valence-electron chi connectivity index (χ2n) is 8.50. The predicted molar refractivity (Wildman–Crippen MR) is 107 cm³/mol. The van der Waals surface area contributed by atoms with Gasteiger partial charge in [0.1, 0.15) is 0 Å². The summed E-state index contributed by atoms with van der Waals surface area (Å²) < 4.78 is 0. The number of amides is 1. The summed E-state index contributed by atoms with van der Waals surface area (Å²) in [6.07, 6.45) is 2.92. The first-order valence-electron chi connectivity index (χ1n) is 8.59. The van der Waals surface area contributed by atoms with Crippen LogP contribution >= 0.6 is 0 Å². The zero-order valence-corrected chi connectivity index (χ0v) is 17.9. The first-order valence-corrected chi connectivity index (χ1v) is 15.7. The highest BCUT2D eigenvalue weighted by atomic mass is 28.4. The molecule has 24 heavy (non-hydrogen) atoms. The summed E-state index contributed by atoms with van der Waals surface area (Å²) in [5.41, 5.74) is 10.1. The fourth-order valence-electron chi connectivity index (χ4n) is 3.82. The monoisotopic (exact) mass is 361 g/mol. The number of carbonyl (C=O) groups excluding carboxylic acids is 1. The van der Waals surface area contributed by atoms with Crippen LogP contribution in [0.15, 0.2) is 30.3 Å². The van der Waals surface area contributed by atoms with Crippen LogP contribution in [0.4, 0.5) is 0 Å². The second-order valence-corrected chi connectivity index (χ2v) is 19.6. The maximum absolute atomic E-state index is 12.6. The average molecular weight is 362 g/mol. The molecule has 0 N–H and O–H groups in total. The zero-order chi connectivity index (χ0) is 18.4. The lowest BCUT2D eigenvalue weighted by Crippen LogP contribution is -2.65. The molecule has 0 aliphatic heterocycles. The van der Waals surface area contributed by atoms with Gasteiger partial charge in [-0.2, -0.15) is 4.79 Å². The van der Waals surface area contributed by atoms with Gasteiger partial charge in [-0.25, -0.2) is 0 Å². The molecule has 0 aromatic heterocycles. The number of carbonyl (C=O) groups is 1. The smallest absolute Gasteiger partial charge is 0.344 e. The molecule has 4 nitrogen and oxygen atoms in total. The van der Waals surface area contributed by atoms with Crippen molar-refractivity contribution in [2.75, 3.05) is 6.54 Å². The molecule has 0 saturated carbocycles. The van der Waals surface area contributed by atoms with Gasteiger partial charge >= 0.3 is 12.1 Å². The van der Waals surface area contributed by atoms with E-state index in [2.05, 4.69) is 56.2 Å². The predicted octanol–water partition coefficient (Wildman–Crippen LogP) is 3.87. The van der Waals surface area contributed by atoms with Crippen LogP contribution in [0.2, 0.25) is 39.3 Å². The highest BCUT2D eigenvalue weighted by Gasteiger charge is 2.43. The molecule has 0 bridgehead atoms. The Hall–Kier alpha value is -1.50. The number of hydrogen-bond acceptors (Lipinski definition) is 1. The third-order valence-corrected chi connectivity index (χ3v) is 13.2. The molecule has 0 heterocycles. The molecular weight excluding hydrogens is 330 g/mol. The van der Waals surface area contributed by atoms with Crippen LogP contribution in [0, 0.1) is 0 Å². The third-order valence-electron chi connectivity index (χ3n) is 4.11. The Bertz CT molecular complexity index is 571. The van der Waals surface area contributed by atoms with Gasteiger partial charge in [-0.05, 0) is 18.4 Å². The molecule has 1 aromatic rings. The van der Waals surface area contributed by atoms with Crippen molar-refractivity contribution in [3.63, 3.8) is 0 Å². The Labute approximate surface area is 148 Å².